The van der Waals surface area contributed by atoms with E-state index in [0.717, 1.165) is 5.19 Å². The van der Waals surface area contributed by atoms with E-state index in [1.807, 2.05) is 30.3 Å². The molecule has 0 aromatic heterocycles. The van der Waals surface area contributed by atoms with E-state index in [0.29, 0.717) is 37.1 Å². The van der Waals surface area contributed by atoms with E-state index < -0.39 is 8.80 Å². The molecule has 0 amide bonds. The fourth-order valence-electron chi connectivity index (χ4n) is 1.56. The summed E-state index contributed by atoms with van der Waals surface area (Å²) in [5, 5.41) is 0.959. The lowest BCUT2D eigenvalue weighted by Crippen LogP contribution is -2.57. The molecule has 108 valence electrons. The molecule has 3 nitrogen and oxygen atoms in total. The van der Waals surface area contributed by atoms with E-state index in [4.69, 9.17) is 13.3 Å². The molecule has 0 aliphatic carbocycles. The van der Waals surface area contributed by atoms with Gasteiger partial charge in [-0.25, -0.2) is 0 Å². The Hall–Kier alpha value is 0.367. The average Bonchev–Trinajstić information content (AvgIpc) is 2.48. The van der Waals surface area contributed by atoms with Gasteiger partial charge in [-0.05, 0) is 0 Å². The summed E-state index contributed by atoms with van der Waals surface area (Å²) in [6.07, 6.45) is 0. The molecule has 0 atom stereocenters. The highest BCUT2D eigenvalue weighted by Gasteiger charge is 2.43. The molecule has 7 heteroatoms. The summed E-state index contributed by atoms with van der Waals surface area (Å²) in [6, 6.07) is 9.81. The maximum absolute atomic E-state index is 5.92. The van der Waals surface area contributed by atoms with Gasteiger partial charge in [-0.3, -0.25) is 0 Å². The summed E-state index contributed by atoms with van der Waals surface area (Å²) in [7, 11) is -2.88. The summed E-state index contributed by atoms with van der Waals surface area (Å²) in [5.41, 5.74) is 0. The van der Waals surface area contributed by atoms with Crippen molar-refractivity contribution in [1.82, 2.24) is 0 Å². The molecule has 0 N–H and O–H groups in total. The number of hydrogen-bond acceptors (Lipinski definition) is 6. The van der Waals surface area contributed by atoms with Crippen molar-refractivity contribution >= 4 is 51.9 Å². The number of hydrogen-bond donors (Lipinski definition) is 3. The second-order valence-corrected chi connectivity index (χ2v) is 7.54. The molecule has 0 aliphatic rings. The van der Waals surface area contributed by atoms with Gasteiger partial charge in [0, 0.05) is 42.3 Å². The van der Waals surface area contributed by atoms with E-state index in [1.165, 1.54) is 0 Å². The first-order valence-corrected chi connectivity index (χ1v) is 9.71. The van der Waals surface area contributed by atoms with Gasteiger partial charge in [0.2, 0.25) is 0 Å². The van der Waals surface area contributed by atoms with Crippen LogP contribution in [-0.4, -0.2) is 45.9 Å². The highest BCUT2D eigenvalue weighted by Crippen LogP contribution is 2.11. The summed E-state index contributed by atoms with van der Waals surface area (Å²) in [4.78, 5) is 0. The fraction of sp³-hybridized carbons (Fsp3) is 0.500. The number of thiol groups is 3. The van der Waals surface area contributed by atoms with Gasteiger partial charge < -0.3 is 13.3 Å². The Kier molecular flexibility index (Phi) is 9.30. The van der Waals surface area contributed by atoms with Gasteiger partial charge >= 0.3 is 8.80 Å². The van der Waals surface area contributed by atoms with E-state index in [-0.39, 0.29) is 0 Å². The summed E-state index contributed by atoms with van der Waals surface area (Å²) >= 11 is 12.5. The summed E-state index contributed by atoms with van der Waals surface area (Å²) in [5.74, 6) is 1.86. The topological polar surface area (TPSA) is 27.7 Å². The van der Waals surface area contributed by atoms with Crippen LogP contribution in [0.4, 0.5) is 0 Å². The molecular weight excluding hydrogens is 316 g/mol. The molecule has 0 fully saturated rings. The first kappa shape index (κ1) is 17.4. The molecule has 1 rings (SSSR count). The van der Waals surface area contributed by atoms with Gasteiger partial charge in [0.15, 0.2) is 0 Å². The number of rotatable bonds is 10. The highest BCUT2D eigenvalue weighted by atomic mass is 32.1. The molecular formula is C12H20O3S3Si. The van der Waals surface area contributed by atoms with E-state index in [9.17, 15) is 0 Å². The zero-order chi connectivity index (χ0) is 14.0. The third-order valence-electron chi connectivity index (χ3n) is 2.28. The minimum atomic E-state index is -2.88. The van der Waals surface area contributed by atoms with Gasteiger partial charge in [0.1, 0.15) is 0 Å². The Morgan fingerprint density at radius 2 is 1.16 bits per heavy atom. The molecule has 0 aliphatic heterocycles. The first-order valence-electron chi connectivity index (χ1n) is 6.09. The summed E-state index contributed by atoms with van der Waals surface area (Å²) < 4.78 is 17.8. The van der Waals surface area contributed by atoms with Crippen LogP contribution >= 0.6 is 37.9 Å². The monoisotopic (exact) mass is 336 g/mol. The van der Waals surface area contributed by atoms with E-state index in [1.54, 1.807) is 0 Å². The van der Waals surface area contributed by atoms with Crippen LogP contribution in [0.3, 0.4) is 0 Å². The summed E-state index contributed by atoms with van der Waals surface area (Å²) in [6.45, 7) is 1.47. The molecule has 0 spiro atoms. The van der Waals surface area contributed by atoms with Crippen molar-refractivity contribution in [1.29, 1.82) is 0 Å². The predicted octanol–water partition coefficient (Wildman–Crippen LogP) is 1.67. The van der Waals surface area contributed by atoms with E-state index >= 15 is 0 Å². The molecule has 0 radical (unpaired) electrons. The first-order chi connectivity index (χ1) is 9.29. The van der Waals surface area contributed by atoms with Crippen LogP contribution in [0, 0.1) is 0 Å². The normalized spacial score (nSPS) is 11.7. The lowest BCUT2D eigenvalue weighted by molar-refractivity contribution is 0.0886. The third-order valence-corrected chi connectivity index (χ3v) is 5.62. The van der Waals surface area contributed by atoms with Crippen LogP contribution in [0.1, 0.15) is 0 Å². The fourth-order valence-corrected chi connectivity index (χ4v) is 4.81. The molecule has 1 aromatic carbocycles. The van der Waals surface area contributed by atoms with Crippen LogP contribution in [0.5, 0.6) is 0 Å². The SMILES string of the molecule is SCCO[Si](OCCS)(OCCS)c1ccccc1. The number of benzene rings is 1. The minimum Gasteiger partial charge on any atom is -0.369 e. The van der Waals surface area contributed by atoms with Gasteiger partial charge in [-0.2, -0.15) is 37.9 Å². The Morgan fingerprint density at radius 3 is 1.53 bits per heavy atom. The Morgan fingerprint density at radius 1 is 0.737 bits per heavy atom. The van der Waals surface area contributed by atoms with Gasteiger partial charge in [-0.15, -0.1) is 0 Å². The van der Waals surface area contributed by atoms with Crippen molar-refractivity contribution in [3.05, 3.63) is 30.3 Å². The third kappa shape index (κ3) is 5.70. The van der Waals surface area contributed by atoms with Crippen LogP contribution in [0.15, 0.2) is 30.3 Å². The Bertz CT molecular complexity index is 318. The van der Waals surface area contributed by atoms with Crippen LogP contribution in [-0.2, 0) is 13.3 Å². The maximum Gasteiger partial charge on any atom is 0.537 e. The Balaban J connectivity index is 2.94. The molecule has 0 heterocycles. The van der Waals surface area contributed by atoms with Crippen molar-refractivity contribution in [2.45, 2.75) is 0 Å². The zero-order valence-electron chi connectivity index (χ0n) is 10.7. The zero-order valence-corrected chi connectivity index (χ0v) is 14.4. The van der Waals surface area contributed by atoms with Crippen LogP contribution in [0.2, 0.25) is 0 Å². The average molecular weight is 337 g/mol. The van der Waals surface area contributed by atoms with Gasteiger partial charge in [-0.1, -0.05) is 30.3 Å². The predicted molar refractivity (Wildman–Crippen MR) is 91.2 cm³/mol. The van der Waals surface area contributed by atoms with Crippen LogP contribution < -0.4 is 5.19 Å². The van der Waals surface area contributed by atoms with Crippen molar-refractivity contribution in [2.75, 3.05) is 37.1 Å². The molecule has 0 bridgehead atoms. The molecule has 0 saturated carbocycles. The van der Waals surface area contributed by atoms with E-state index in [2.05, 4.69) is 37.9 Å². The van der Waals surface area contributed by atoms with Gasteiger partial charge in [0.25, 0.3) is 0 Å². The largest absolute Gasteiger partial charge is 0.537 e. The molecule has 0 unspecified atom stereocenters. The van der Waals surface area contributed by atoms with Gasteiger partial charge in [0.05, 0.1) is 0 Å². The second kappa shape index (κ2) is 10.1. The highest BCUT2D eigenvalue weighted by molar-refractivity contribution is 7.80. The lowest BCUT2D eigenvalue weighted by atomic mass is 10.4. The minimum absolute atomic E-state index is 0.489. The quantitative estimate of drug-likeness (QED) is 0.448. The van der Waals surface area contributed by atoms with Crippen molar-refractivity contribution in [3.8, 4) is 0 Å². The standard InChI is InChI=1S/C12H20O3S3Si/c16-9-6-13-19(14-7-10-17,15-8-11-18)12-4-2-1-3-5-12/h1-5,16-18H,6-11H2. The van der Waals surface area contributed by atoms with Crippen molar-refractivity contribution in [3.63, 3.8) is 0 Å². The smallest absolute Gasteiger partial charge is 0.369 e. The molecule has 0 saturated heterocycles. The Labute approximate surface area is 132 Å². The molecule has 1 aromatic rings. The maximum atomic E-state index is 5.92. The second-order valence-electron chi connectivity index (χ2n) is 3.64. The van der Waals surface area contributed by atoms with Crippen molar-refractivity contribution in [2.24, 2.45) is 0 Å². The molecule has 19 heavy (non-hydrogen) atoms. The van der Waals surface area contributed by atoms with Crippen LogP contribution in [0.25, 0.3) is 0 Å². The van der Waals surface area contributed by atoms with Crippen molar-refractivity contribution < 1.29 is 13.3 Å². The lowest BCUT2D eigenvalue weighted by Gasteiger charge is -2.29.